The van der Waals surface area contributed by atoms with Gasteiger partial charge in [-0.3, -0.25) is 4.79 Å². The Bertz CT molecular complexity index is 1040. The number of hydrogen-bond acceptors (Lipinski definition) is 5. The second-order valence-corrected chi connectivity index (χ2v) is 8.59. The number of thiophene rings is 2. The normalized spacial score (nSPS) is 11.0. The van der Waals surface area contributed by atoms with Gasteiger partial charge in [-0.25, -0.2) is 0 Å². The van der Waals surface area contributed by atoms with Gasteiger partial charge >= 0.3 is 0 Å². The zero-order valence-electron chi connectivity index (χ0n) is 15.6. The van der Waals surface area contributed by atoms with Crippen molar-refractivity contribution in [3.63, 3.8) is 0 Å². The molecule has 0 saturated carbocycles. The minimum atomic E-state index is 0.114. The fraction of sp³-hybridized carbons (Fsp3) is 0.227. The van der Waals surface area contributed by atoms with Crippen LogP contribution in [0.1, 0.15) is 15.3 Å². The van der Waals surface area contributed by atoms with Gasteiger partial charge in [0, 0.05) is 33.3 Å². The average molecular weight is 412 g/mol. The third kappa shape index (κ3) is 4.29. The van der Waals surface area contributed by atoms with Gasteiger partial charge in [0.15, 0.2) is 0 Å². The average Bonchev–Trinajstić information content (AvgIpc) is 3.47. The van der Waals surface area contributed by atoms with Crippen LogP contribution in [0.4, 0.5) is 0 Å². The van der Waals surface area contributed by atoms with E-state index < -0.39 is 0 Å². The number of methoxy groups -OCH3 is 1. The first-order valence-corrected chi connectivity index (χ1v) is 10.9. The number of furan rings is 1. The molecular weight excluding hydrogens is 390 g/mol. The Hall–Kier alpha value is -2.57. The summed E-state index contributed by atoms with van der Waals surface area (Å²) in [5.74, 6) is 0.860. The summed E-state index contributed by atoms with van der Waals surface area (Å²) < 4.78 is 10.9. The number of carbonyl (C=O) groups excluding carboxylic acids is 1. The van der Waals surface area contributed by atoms with Crippen molar-refractivity contribution >= 4 is 39.5 Å². The lowest BCUT2D eigenvalue weighted by Crippen LogP contribution is -2.33. The SMILES string of the molecule is COc1ccc2c(CC(=O)N(CCc3cccs3)Cc3cccs3)coc2c1. The molecular formula is C22H21NO3S2. The van der Waals surface area contributed by atoms with Crippen LogP contribution in [0.25, 0.3) is 11.0 Å². The largest absolute Gasteiger partial charge is 0.497 e. The number of amides is 1. The molecule has 0 aliphatic carbocycles. The molecule has 3 heterocycles. The molecule has 6 heteroatoms. The van der Waals surface area contributed by atoms with Gasteiger partial charge in [-0.15, -0.1) is 22.7 Å². The van der Waals surface area contributed by atoms with E-state index in [0.717, 1.165) is 28.7 Å². The molecule has 0 N–H and O–H groups in total. The molecule has 28 heavy (non-hydrogen) atoms. The summed E-state index contributed by atoms with van der Waals surface area (Å²) in [6.45, 7) is 1.35. The van der Waals surface area contributed by atoms with Crippen LogP contribution in [0.5, 0.6) is 5.75 Å². The minimum Gasteiger partial charge on any atom is -0.497 e. The molecule has 4 rings (SSSR count). The molecule has 1 aromatic carbocycles. The molecule has 4 nitrogen and oxygen atoms in total. The van der Waals surface area contributed by atoms with E-state index in [-0.39, 0.29) is 5.91 Å². The lowest BCUT2D eigenvalue weighted by molar-refractivity contribution is -0.131. The molecule has 3 aromatic heterocycles. The highest BCUT2D eigenvalue weighted by Gasteiger charge is 2.18. The Balaban J connectivity index is 1.51. The lowest BCUT2D eigenvalue weighted by atomic mass is 10.1. The number of benzene rings is 1. The second kappa shape index (κ2) is 8.63. The molecule has 0 fully saturated rings. The van der Waals surface area contributed by atoms with Crippen molar-refractivity contribution < 1.29 is 13.9 Å². The maximum absolute atomic E-state index is 13.1. The van der Waals surface area contributed by atoms with E-state index >= 15 is 0 Å². The van der Waals surface area contributed by atoms with Crippen LogP contribution in [0, 0.1) is 0 Å². The lowest BCUT2D eigenvalue weighted by Gasteiger charge is -2.22. The van der Waals surface area contributed by atoms with Gasteiger partial charge in [0.05, 0.1) is 26.3 Å². The van der Waals surface area contributed by atoms with Gasteiger partial charge in [0.2, 0.25) is 5.91 Å². The summed E-state index contributed by atoms with van der Waals surface area (Å²) in [6.07, 6.45) is 2.89. The van der Waals surface area contributed by atoms with Crippen molar-refractivity contribution in [2.45, 2.75) is 19.4 Å². The van der Waals surface area contributed by atoms with Crippen LogP contribution in [0.3, 0.4) is 0 Å². The van der Waals surface area contributed by atoms with E-state index in [4.69, 9.17) is 9.15 Å². The number of carbonyl (C=O) groups is 1. The van der Waals surface area contributed by atoms with Crippen molar-refractivity contribution in [3.05, 3.63) is 74.8 Å². The molecule has 1 amide bonds. The smallest absolute Gasteiger partial charge is 0.227 e. The van der Waals surface area contributed by atoms with E-state index in [0.29, 0.717) is 19.5 Å². The van der Waals surface area contributed by atoms with Crippen molar-refractivity contribution in [2.24, 2.45) is 0 Å². The third-order valence-corrected chi connectivity index (χ3v) is 6.49. The molecule has 144 valence electrons. The summed E-state index contributed by atoms with van der Waals surface area (Å²) in [4.78, 5) is 17.6. The predicted molar refractivity (Wildman–Crippen MR) is 114 cm³/mol. The molecule has 0 aliphatic heterocycles. The molecule has 4 aromatic rings. The van der Waals surface area contributed by atoms with Gasteiger partial charge in [-0.05, 0) is 41.4 Å². The first kappa shape index (κ1) is 18.8. The van der Waals surface area contributed by atoms with Gasteiger partial charge < -0.3 is 14.1 Å². The number of ether oxygens (including phenoxy) is 1. The first-order chi connectivity index (χ1) is 13.7. The maximum Gasteiger partial charge on any atom is 0.227 e. The Morgan fingerprint density at radius 3 is 2.61 bits per heavy atom. The van der Waals surface area contributed by atoms with Crippen molar-refractivity contribution in [1.29, 1.82) is 0 Å². The topological polar surface area (TPSA) is 42.7 Å². The number of fused-ring (bicyclic) bond motifs is 1. The summed E-state index contributed by atoms with van der Waals surface area (Å²) in [7, 11) is 1.63. The fourth-order valence-electron chi connectivity index (χ4n) is 3.18. The standard InChI is InChI=1S/C22H21NO3S2/c1-25-17-6-7-20-16(15-26-21(20)13-17)12-22(24)23(14-19-5-3-11-28-19)9-8-18-4-2-10-27-18/h2-7,10-11,13,15H,8-9,12,14H2,1H3. The molecule has 0 spiro atoms. The zero-order chi connectivity index (χ0) is 19.3. The van der Waals surface area contributed by atoms with Crippen molar-refractivity contribution in [1.82, 2.24) is 4.90 Å². The van der Waals surface area contributed by atoms with E-state index in [9.17, 15) is 4.79 Å². The zero-order valence-corrected chi connectivity index (χ0v) is 17.2. The Labute approximate surface area is 172 Å². The van der Waals surface area contributed by atoms with E-state index in [2.05, 4.69) is 23.6 Å². The van der Waals surface area contributed by atoms with Crippen molar-refractivity contribution in [3.8, 4) is 5.75 Å². The maximum atomic E-state index is 13.1. The van der Waals surface area contributed by atoms with Gasteiger partial charge in [-0.1, -0.05) is 12.1 Å². The molecule has 0 saturated heterocycles. The molecule has 0 bridgehead atoms. The van der Waals surface area contributed by atoms with Crippen molar-refractivity contribution in [2.75, 3.05) is 13.7 Å². The minimum absolute atomic E-state index is 0.114. The van der Waals surface area contributed by atoms with Gasteiger partial charge in [-0.2, -0.15) is 0 Å². The van der Waals surface area contributed by atoms with E-state index in [1.54, 1.807) is 36.0 Å². The third-order valence-electron chi connectivity index (χ3n) is 4.69. The van der Waals surface area contributed by atoms with Gasteiger partial charge in [0.1, 0.15) is 11.3 Å². The summed E-state index contributed by atoms with van der Waals surface area (Å²) >= 11 is 3.42. The van der Waals surface area contributed by atoms with Crippen LogP contribution in [-0.2, 0) is 24.2 Å². The van der Waals surface area contributed by atoms with Crippen LogP contribution in [-0.4, -0.2) is 24.5 Å². The quantitative estimate of drug-likeness (QED) is 0.391. The number of nitrogens with zero attached hydrogens (tertiary/aromatic N) is 1. The Morgan fingerprint density at radius 1 is 1.11 bits per heavy atom. The Morgan fingerprint density at radius 2 is 1.89 bits per heavy atom. The number of hydrogen-bond donors (Lipinski definition) is 0. The highest BCUT2D eigenvalue weighted by Crippen LogP contribution is 2.26. The van der Waals surface area contributed by atoms with Crippen LogP contribution in [0.2, 0.25) is 0 Å². The van der Waals surface area contributed by atoms with E-state index in [1.165, 1.54) is 9.75 Å². The summed E-state index contributed by atoms with van der Waals surface area (Å²) in [5, 5.41) is 5.09. The van der Waals surface area contributed by atoms with Crippen LogP contribution < -0.4 is 4.74 Å². The predicted octanol–water partition coefficient (Wildman–Crippen LogP) is 5.38. The monoisotopic (exact) mass is 411 g/mol. The molecule has 0 radical (unpaired) electrons. The summed E-state index contributed by atoms with van der Waals surface area (Å²) in [5.41, 5.74) is 1.65. The summed E-state index contributed by atoms with van der Waals surface area (Å²) in [6, 6.07) is 14.0. The molecule has 0 unspecified atom stereocenters. The highest BCUT2D eigenvalue weighted by molar-refractivity contribution is 7.10. The van der Waals surface area contributed by atoms with E-state index in [1.807, 2.05) is 34.5 Å². The van der Waals surface area contributed by atoms with Gasteiger partial charge in [0.25, 0.3) is 0 Å². The number of rotatable bonds is 8. The molecule has 0 atom stereocenters. The molecule has 0 aliphatic rings. The first-order valence-electron chi connectivity index (χ1n) is 9.09. The highest BCUT2D eigenvalue weighted by atomic mass is 32.1. The second-order valence-electron chi connectivity index (χ2n) is 6.52. The van der Waals surface area contributed by atoms with Crippen LogP contribution in [0.15, 0.2) is 63.9 Å². The fourth-order valence-corrected chi connectivity index (χ4v) is 4.60. The Kier molecular flexibility index (Phi) is 5.78. The van der Waals surface area contributed by atoms with Crippen LogP contribution >= 0.6 is 22.7 Å².